The monoisotopic (exact) mass is 244 g/mol. The van der Waals surface area contributed by atoms with Crippen LogP contribution in [0.5, 0.6) is 0 Å². The fourth-order valence-electron chi connectivity index (χ4n) is 2.24. The fraction of sp³-hybridized carbons (Fsp3) is 1.00. The third-order valence-electron chi connectivity index (χ3n) is 3.00. The van der Waals surface area contributed by atoms with Gasteiger partial charge in [0, 0.05) is 19.1 Å². The molecule has 4 nitrogen and oxygen atoms in total. The van der Waals surface area contributed by atoms with Gasteiger partial charge in [0.25, 0.3) is 0 Å². The molecule has 2 rings (SSSR count). The van der Waals surface area contributed by atoms with Crippen LogP contribution in [0.4, 0.5) is 13.2 Å². The van der Waals surface area contributed by atoms with Crippen LogP contribution in [0.15, 0.2) is 0 Å². The molecule has 2 saturated heterocycles. The van der Waals surface area contributed by atoms with Crippen LogP contribution in [0.2, 0.25) is 0 Å². The molecule has 15 heavy (non-hydrogen) atoms. The van der Waals surface area contributed by atoms with Crippen molar-refractivity contribution in [3.05, 3.63) is 0 Å². The minimum atomic E-state index is -5.18. The lowest BCUT2D eigenvalue weighted by Crippen LogP contribution is -2.45. The molecule has 0 saturated carbocycles. The second-order valence-electron chi connectivity index (χ2n) is 3.84. The van der Waals surface area contributed by atoms with E-state index in [4.69, 9.17) is 0 Å². The van der Waals surface area contributed by atoms with Gasteiger partial charge in [0.2, 0.25) is 0 Å². The van der Waals surface area contributed by atoms with Crippen LogP contribution in [0.1, 0.15) is 6.42 Å². The Hall–Kier alpha value is -0.340. The molecule has 0 aromatic rings. The zero-order valence-electron chi connectivity index (χ0n) is 7.79. The minimum Gasteiger partial charge on any atom is -0.315 e. The van der Waals surface area contributed by atoms with Crippen LogP contribution in [0.25, 0.3) is 0 Å². The molecule has 0 aliphatic carbocycles. The Labute approximate surface area is 85.5 Å². The lowest BCUT2D eigenvalue weighted by molar-refractivity contribution is -0.0492. The number of halogens is 3. The maximum Gasteiger partial charge on any atom is 0.511 e. The van der Waals surface area contributed by atoms with Gasteiger partial charge in [0.1, 0.15) is 0 Å². The topological polar surface area (TPSA) is 49.4 Å². The average molecular weight is 244 g/mol. The van der Waals surface area contributed by atoms with E-state index < -0.39 is 21.6 Å². The van der Waals surface area contributed by atoms with E-state index in [-0.39, 0.29) is 12.5 Å². The number of rotatable bonds is 1. The summed E-state index contributed by atoms with van der Waals surface area (Å²) in [6.45, 7) is 0.910. The van der Waals surface area contributed by atoms with Gasteiger partial charge in [0.15, 0.2) is 0 Å². The molecule has 2 unspecified atom stereocenters. The molecule has 88 valence electrons. The molecular formula is C7H11F3N2O2S. The highest BCUT2D eigenvalue weighted by Crippen LogP contribution is 2.35. The van der Waals surface area contributed by atoms with Crippen molar-refractivity contribution in [2.45, 2.75) is 18.0 Å². The SMILES string of the molecule is O=S(=O)(N1CCC2CNCC21)C(F)(F)F. The predicted molar refractivity (Wildman–Crippen MR) is 46.4 cm³/mol. The molecule has 2 heterocycles. The Kier molecular flexibility index (Phi) is 2.47. The summed E-state index contributed by atoms with van der Waals surface area (Å²) < 4.78 is 59.8. The summed E-state index contributed by atoms with van der Waals surface area (Å²) in [6.07, 6.45) is 0.507. The lowest BCUT2D eigenvalue weighted by atomic mass is 10.1. The molecule has 0 amide bonds. The predicted octanol–water partition coefficient (Wildman–Crippen LogP) is 0.130. The summed E-state index contributed by atoms with van der Waals surface area (Å²) in [4.78, 5) is 0. The zero-order chi connectivity index (χ0) is 11.3. The van der Waals surface area contributed by atoms with Crippen LogP contribution in [0, 0.1) is 5.92 Å². The van der Waals surface area contributed by atoms with Crippen molar-refractivity contribution < 1.29 is 21.6 Å². The van der Waals surface area contributed by atoms with Gasteiger partial charge in [-0.25, -0.2) is 8.42 Å². The van der Waals surface area contributed by atoms with Crippen LogP contribution in [0.3, 0.4) is 0 Å². The van der Waals surface area contributed by atoms with Crippen molar-refractivity contribution in [2.24, 2.45) is 5.92 Å². The maximum absolute atomic E-state index is 12.3. The summed E-state index contributed by atoms with van der Waals surface area (Å²) in [5, 5.41) is 2.90. The number of sulfonamides is 1. The van der Waals surface area contributed by atoms with Gasteiger partial charge >= 0.3 is 15.5 Å². The van der Waals surface area contributed by atoms with Gasteiger partial charge in [-0.05, 0) is 18.9 Å². The van der Waals surface area contributed by atoms with Crippen LogP contribution < -0.4 is 5.32 Å². The quantitative estimate of drug-likeness (QED) is 0.713. The van der Waals surface area contributed by atoms with E-state index in [9.17, 15) is 21.6 Å². The largest absolute Gasteiger partial charge is 0.511 e. The first-order chi connectivity index (χ1) is 6.84. The molecular weight excluding hydrogens is 233 g/mol. The van der Waals surface area contributed by atoms with Crippen molar-refractivity contribution in [3.63, 3.8) is 0 Å². The first-order valence-corrected chi connectivity index (χ1v) is 6.07. The van der Waals surface area contributed by atoms with Crippen molar-refractivity contribution in [1.29, 1.82) is 0 Å². The molecule has 2 fully saturated rings. The van der Waals surface area contributed by atoms with E-state index in [1.165, 1.54) is 0 Å². The van der Waals surface area contributed by atoms with Gasteiger partial charge in [-0.3, -0.25) is 0 Å². The smallest absolute Gasteiger partial charge is 0.315 e. The number of hydrogen-bond donors (Lipinski definition) is 1. The molecule has 8 heteroatoms. The molecule has 0 aromatic carbocycles. The molecule has 0 bridgehead atoms. The summed E-state index contributed by atoms with van der Waals surface area (Å²) >= 11 is 0. The highest BCUT2D eigenvalue weighted by molar-refractivity contribution is 7.90. The normalized spacial score (nSPS) is 33.3. The Morgan fingerprint density at radius 2 is 1.93 bits per heavy atom. The molecule has 0 radical (unpaired) electrons. The molecule has 0 spiro atoms. The van der Waals surface area contributed by atoms with Crippen molar-refractivity contribution in [3.8, 4) is 0 Å². The Balaban J connectivity index is 2.25. The third-order valence-corrected chi connectivity index (χ3v) is 4.65. The Morgan fingerprint density at radius 3 is 2.53 bits per heavy atom. The fourth-order valence-corrected chi connectivity index (χ4v) is 3.46. The first kappa shape index (κ1) is 11.2. The molecule has 2 aliphatic rings. The summed E-state index contributed by atoms with van der Waals surface area (Å²) in [5.74, 6) is 0.0297. The highest BCUT2D eigenvalue weighted by atomic mass is 32.2. The Morgan fingerprint density at radius 1 is 1.27 bits per heavy atom. The molecule has 1 N–H and O–H groups in total. The lowest BCUT2D eigenvalue weighted by Gasteiger charge is -2.23. The number of nitrogens with zero attached hydrogens (tertiary/aromatic N) is 1. The summed E-state index contributed by atoms with van der Waals surface area (Å²) in [5.41, 5.74) is -5.18. The first-order valence-electron chi connectivity index (χ1n) is 4.63. The van der Waals surface area contributed by atoms with Crippen molar-refractivity contribution in [2.75, 3.05) is 19.6 Å². The second-order valence-corrected chi connectivity index (χ2v) is 5.72. The van der Waals surface area contributed by atoms with Gasteiger partial charge in [0.05, 0.1) is 0 Å². The van der Waals surface area contributed by atoms with Gasteiger partial charge in [-0.15, -0.1) is 0 Å². The third kappa shape index (κ3) is 1.64. The number of hydrogen-bond acceptors (Lipinski definition) is 3. The van der Waals surface area contributed by atoms with E-state index in [1.807, 2.05) is 0 Å². The Bertz CT molecular complexity index is 354. The van der Waals surface area contributed by atoms with Crippen LogP contribution >= 0.6 is 0 Å². The van der Waals surface area contributed by atoms with E-state index in [0.29, 0.717) is 23.8 Å². The average Bonchev–Trinajstić information content (AvgIpc) is 2.58. The molecule has 2 aliphatic heterocycles. The highest BCUT2D eigenvalue weighted by Gasteiger charge is 2.55. The van der Waals surface area contributed by atoms with Crippen molar-refractivity contribution >= 4 is 10.0 Å². The van der Waals surface area contributed by atoms with Crippen LogP contribution in [-0.4, -0.2) is 43.9 Å². The summed E-state index contributed by atoms with van der Waals surface area (Å²) in [7, 11) is -5.14. The number of alkyl halides is 3. The number of nitrogens with one attached hydrogen (secondary N) is 1. The second kappa shape index (κ2) is 3.33. The minimum absolute atomic E-state index is 0.0150. The summed E-state index contributed by atoms with van der Waals surface area (Å²) in [6, 6.07) is -0.517. The van der Waals surface area contributed by atoms with Gasteiger partial charge < -0.3 is 5.32 Å². The number of fused-ring (bicyclic) bond motifs is 1. The molecule has 0 aromatic heterocycles. The van der Waals surface area contributed by atoms with Gasteiger partial charge in [-0.2, -0.15) is 17.5 Å². The maximum atomic E-state index is 12.3. The van der Waals surface area contributed by atoms with Crippen molar-refractivity contribution in [1.82, 2.24) is 9.62 Å². The molecule has 2 atom stereocenters. The van der Waals surface area contributed by atoms with E-state index in [0.717, 1.165) is 0 Å². The zero-order valence-corrected chi connectivity index (χ0v) is 8.61. The van der Waals surface area contributed by atoms with E-state index in [1.54, 1.807) is 0 Å². The van der Waals surface area contributed by atoms with Gasteiger partial charge in [-0.1, -0.05) is 0 Å². The van der Waals surface area contributed by atoms with E-state index in [2.05, 4.69) is 5.32 Å². The van der Waals surface area contributed by atoms with Crippen LogP contribution in [-0.2, 0) is 10.0 Å². The van der Waals surface area contributed by atoms with E-state index >= 15 is 0 Å². The standard InChI is InChI=1S/C7H11F3N2O2S/c8-7(9,10)15(13,14)12-2-1-5-3-11-4-6(5)12/h5-6,11H,1-4H2.